The zero-order valence-electron chi connectivity index (χ0n) is 8.76. The fraction of sp³-hybridized carbons (Fsp3) is 1.00. The van der Waals surface area contributed by atoms with Gasteiger partial charge in [-0.3, -0.25) is 0 Å². The molecular weight excluding hydrogens is 160 g/mol. The fourth-order valence-electron chi connectivity index (χ4n) is 2.82. The maximum Gasteiger partial charge on any atom is -0.00174 e. The predicted octanol–water partition coefficient (Wildman–Crippen LogP) is 1.33. The number of hydrogen-bond acceptors (Lipinski definition) is 2. The van der Waals surface area contributed by atoms with Crippen molar-refractivity contribution in [2.45, 2.75) is 25.7 Å². The molecule has 2 unspecified atom stereocenters. The van der Waals surface area contributed by atoms with Gasteiger partial charge in [0.1, 0.15) is 0 Å². The minimum absolute atomic E-state index is 0.992. The van der Waals surface area contributed by atoms with E-state index in [1.165, 1.54) is 51.9 Å². The topological polar surface area (TPSA) is 15.3 Å². The van der Waals surface area contributed by atoms with E-state index in [-0.39, 0.29) is 0 Å². The van der Waals surface area contributed by atoms with Gasteiger partial charge in [-0.05, 0) is 70.7 Å². The first-order valence-electron chi connectivity index (χ1n) is 5.75. The molecular formula is C11H22N2. The van der Waals surface area contributed by atoms with Crippen molar-refractivity contribution < 1.29 is 0 Å². The van der Waals surface area contributed by atoms with Crippen LogP contribution >= 0.6 is 0 Å². The van der Waals surface area contributed by atoms with Crippen molar-refractivity contribution in [3.63, 3.8) is 0 Å². The number of likely N-dealkylation sites (tertiary alicyclic amines) is 1. The lowest BCUT2D eigenvalue weighted by atomic mass is 9.86. The zero-order valence-corrected chi connectivity index (χ0v) is 8.76. The summed E-state index contributed by atoms with van der Waals surface area (Å²) in [5, 5.41) is 3.49. The number of hydrogen-bond donors (Lipinski definition) is 1. The summed E-state index contributed by atoms with van der Waals surface area (Å²) < 4.78 is 0. The van der Waals surface area contributed by atoms with Crippen LogP contribution in [-0.2, 0) is 0 Å². The molecule has 76 valence electrons. The second-order valence-electron chi connectivity index (χ2n) is 4.75. The Hall–Kier alpha value is -0.0800. The fourth-order valence-corrected chi connectivity index (χ4v) is 2.82. The molecule has 2 atom stereocenters. The Bertz CT molecular complexity index is 152. The molecule has 13 heavy (non-hydrogen) atoms. The number of nitrogens with one attached hydrogen (secondary N) is 1. The van der Waals surface area contributed by atoms with Gasteiger partial charge >= 0.3 is 0 Å². The molecule has 0 amide bonds. The van der Waals surface area contributed by atoms with Gasteiger partial charge < -0.3 is 10.2 Å². The van der Waals surface area contributed by atoms with Crippen LogP contribution in [0.1, 0.15) is 25.7 Å². The highest BCUT2D eigenvalue weighted by molar-refractivity contribution is 4.80. The highest BCUT2D eigenvalue weighted by Gasteiger charge is 2.25. The van der Waals surface area contributed by atoms with Crippen molar-refractivity contribution in [1.29, 1.82) is 0 Å². The van der Waals surface area contributed by atoms with Crippen molar-refractivity contribution in [2.24, 2.45) is 11.8 Å². The molecule has 2 aliphatic rings. The van der Waals surface area contributed by atoms with Gasteiger partial charge in [-0.1, -0.05) is 0 Å². The van der Waals surface area contributed by atoms with Crippen LogP contribution in [0.3, 0.4) is 0 Å². The molecule has 0 saturated carbocycles. The van der Waals surface area contributed by atoms with Gasteiger partial charge in [0.05, 0.1) is 0 Å². The summed E-state index contributed by atoms with van der Waals surface area (Å²) >= 11 is 0. The molecule has 0 aromatic carbocycles. The van der Waals surface area contributed by atoms with E-state index in [1.54, 1.807) is 0 Å². The summed E-state index contributed by atoms with van der Waals surface area (Å²) in [7, 11) is 2.26. The molecule has 2 rings (SSSR count). The second-order valence-corrected chi connectivity index (χ2v) is 4.75. The van der Waals surface area contributed by atoms with Gasteiger partial charge in [0.2, 0.25) is 0 Å². The molecule has 1 N–H and O–H groups in total. The van der Waals surface area contributed by atoms with E-state index < -0.39 is 0 Å². The zero-order chi connectivity index (χ0) is 9.10. The average molecular weight is 182 g/mol. The average Bonchev–Trinajstić information content (AvgIpc) is 2.56. The van der Waals surface area contributed by atoms with Gasteiger partial charge in [0.15, 0.2) is 0 Å². The summed E-state index contributed by atoms with van der Waals surface area (Å²) in [5.41, 5.74) is 0. The summed E-state index contributed by atoms with van der Waals surface area (Å²) in [6.07, 6.45) is 5.74. The van der Waals surface area contributed by atoms with Crippen LogP contribution in [0.5, 0.6) is 0 Å². The molecule has 0 bridgehead atoms. The lowest BCUT2D eigenvalue weighted by molar-refractivity contribution is 0.303. The Morgan fingerprint density at radius 3 is 2.77 bits per heavy atom. The summed E-state index contributed by atoms with van der Waals surface area (Å²) in [6, 6.07) is 0. The van der Waals surface area contributed by atoms with Gasteiger partial charge in [0.25, 0.3) is 0 Å². The Kier molecular flexibility index (Phi) is 3.23. The van der Waals surface area contributed by atoms with Gasteiger partial charge in [-0.2, -0.15) is 0 Å². The predicted molar refractivity (Wildman–Crippen MR) is 55.8 cm³/mol. The first-order valence-corrected chi connectivity index (χ1v) is 5.75. The third kappa shape index (κ3) is 2.44. The Labute approximate surface area is 81.7 Å². The number of nitrogens with zero attached hydrogens (tertiary/aromatic N) is 1. The number of rotatable bonds is 1. The largest absolute Gasteiger partial charge is 0.316 e. The van der Waals surface area contributed by atoms with Crippen LogP contribution in [0.25, 0.3) is 0 Å². The maximum absolute atomic E-state index is 3.49. The third-order valence-corrected chi connectivity index (χ3v) is 3.76. The van der Waals surface area contributed by atoms with Gasteiger partial charge in [-0.25, -0.2) is 0 Å². The molecule has 0 aromatic rings. The molecule has 2 heterocycles. The van der Waals surface area contributed by atoms with E-state index in [4.69, 9.17) is 0 Å². The van der Waals surface area contributed by atoms with Crippen molar-refractivity contribution in [3.8, 4) is 0 Å². The van der Waals surface area contributed by atoms with Crippen LogP contribution in [0, 0.1) is 11.8 Å². The van der Waals surface area contributed by atoms with E-state index in [0.29, 0.717) is 0 Å². The molecule has 2 nitrogen and oxygen atoms in total. The highest BCUT2D eigenvalue weighted by Crippen LogP contribution is 2.28. The molecule has 2 aliphatic heterocycles. The minimum atomic E-state index is 0.992. The highest BCUT2D eigenvalue weighted by atomic mass is 15.1. The molecule has 0 spiro atoms. The lowest BCUT2D eigenvalue weighted by Crippen LogP contribution is -2.21. The van der Waals surface area contributed by atoms with Gasteiger partial charge in [0, 0.05) is 0 Å². The van der Waals surface area contributed by atoms with E-state index in [0.717, 1.165) is 11.8 Å². The minimum Gasteiger partial charge on any atom is -0.316 e. The smallest absolute Gasteiger partial charge is 0.00174 e. The molecule has 2 saturated heterocycles. The van der Waals surface area contributed by atoms with E-state index in [9.17, 15) is 0 Å². The Balaban J connectivity index is 1.84. The van der Waals surface area contributed by atoms with Crippen LogP contribution in [0.4, 0.5) is 0 Å². The SMILES string of the molecule is CN1CCCC(C2CCNC2)CC1. The van der Waals surface area contributed by atoms with E-state index in [2.05, 4.69) is 17.3 Å². The normalized spacial score (nSPS) is 37.6. The third-order valence-electron chi connectivity index (χ3n) is 3.76. The quantitative estimate of drug-likeness (QED) is 0.658. The summed E-state index contributed by atoms with van der Waals surface area (Å²) in [6.45, 7) is 5.18. The summed E-state index contributed by atoms with van der Waals surface area (Å²) in [4.78, 5) is 2.49. The first kappa shape index (κ1) is 9.47. The van der Waals surface area contributed by atoms with Crippen molar-refractivity contribution >= 4 is 0 Å². The van der Waals surface area contributed by atoms with Gasteiger partial charge in [-0.15, -0.1) is 0 Å². The van der Waals surface area contributed by atoms with E-state index >= 15 is 0 Å². The Morgan fingerprint density at radius 2 is 2.00 bits per heavy atom. The van der Waals surface area contributed by atoms with Crippen molar-refractivity contribution in [2.75, 3.05) is 33.2 Å². The molecule has 0 aliphatic carbocycles. The van der Waals surface area contributed by atoms with E-state index in [1.807, 2.05) is 0 Å². The standard InChI is InChI=1S/C11H22N2/c1-13-7-2-3-10(5-8-13)11-4-6-12-9-11/h10-12H,2-9H2,1H3. The Morgan fingerprint density at radius 1 is 1.08 bits per heavy atom. The monoisotopic (exact) mass is 182 g/mol. The lowest BCUT2D eigenvalue weighted by Gasteiger charge is -2.20. The maximum atomic E-state index is 3.49. The van der Waals surface area contributed by atoms with Crippen LogP contribution in [0.15, 0.2) is 0 Å². The van der Waals surface area contributed by atoms with Crippen molar-refractivity contribution in [1.82, 2.24) is 10.2 Å². The molecule has 0 aromatic heterocycles. The van der Waals surface area contributed by atoms with Crippen LogP contribution < -0.4 is 5.32 Å². The van der Waals surface area contributed by atoms with Crippen LogP contribution in [-0.4, -0.2) is 38.1 Å². The first-order chi connectivity index (χ1) is 6.36. The van der Waals surface area contributed by atoms with Crippen LogP contribution in [0.2, 0.25) is 0 Å². The molecule has 2 fully saturated rings. The molecule has 2 heteroatoms. The summed E-state index contributed by atoms with van der Waals surface area (Å²) in [5.74, 6) is 2.01. The van der Waals surface area contributed by atoms with Crippen molar-refractivity contribution in [3.05, 3.63) is 0 Å². The molecule has 0 radical (unpaired) electrons. The second kappa shape index (κ2) is 4.43.